The number of nitrogens with one attached hydrogen (secondary N) is 2. The predicted molar refractivity (Wildman–Crippen MR) is 55.2 cm³/mol. The Morgan fingerprint density at radius 3 is 3.00 bits per heavy atom. The molecule has 0 saturated heterocycles. The minimum absolute atomic E-state index is 0.326. The van der Waals surface area contributed by atoms with Crippen LogP contribution in [0.25, 0.3) is 0 Å². The Morgan fingerprint density at radius 2 is 2.29 bits per heavy atom. The molecule has 0 bridgehead atoms. The van der Waals surface area contributed by atoms with Gasteiger partial charge in [-0.3, -0.25) is 0 Å². The Balaban J connectivity index is 2.33. The zero-order valence-corrected chi connectivity index (χ0v) is 9.09. The molecular weight excluding hydrogens is 176 g/mol. The van der Waals surface area contributed by atoms with E-state index < -0.39 is 0 Å². The van der Waals surface area contributed by atoms with Gasteiger partial charge in [-0.25, -0.2) is 0 Å². The monoisotopic (exact) mass is 194 g/mol. The maximum Gasteiger partial charge on any atom is 0.0905 e. The van der Waals surface area contributed by atoms with Crippen molar-refractivity contribution in [3.63, 3.8) is 0 Å². The Kier molecular flexibility index (Phi) is 2.31. The average Bonchev–Trinajstić information content (AvgIpc) is 2.58. The van der Waals surface area contributed by atoms with Crippen LogP contribution in [0.15, 0.2) is 0 Å². The summed E-state index contributed by atoms with van der Waals surface area (Å²) in [6, 6.07) is 0. The molecule has 1 aliphatic carbocycles. The number of H-pyrrole nitrogens is 1. The molecule has 78 valence electrons. The maximum absolute atomic E-state index is 4.28. The lowest BCUT2D eigenvalue weighted by Crippen LogP contribution is -2.34. The van der Waals surface area contributed by atoms with Gasteiger partial charge in [0.05, 0.1) is 11.4 Å². The van der Waals surface area contributed by atoms with Crippen molar-refractivity contribution in [1.29, 1.82) is 0 Å². The second-order valence-electron chi connectivity index (χ2n) is 4.75. The summed E-state index contributed by atoms with van der Waals surface area (Å²) in [4.78, 5) is 0. The van der Waals surface area contributed by atoms with Gasteiger partial charge in [0.25, 0.3) is 0 Å². The summed E-state index contributed by atoms with van der Waals surface area (Å²) in [5.74, 6) is 0.481. The highest BCUT2D eigenvalue weighted by Crippen LogP contribution is 2.42. The van der Waals surface area contributed by atoms with Crippen LogP contribution in [0.3, 0.4) is 0 Å². The molecule has 4 heteroatoms. The van der Waals surface area contributed by atoms with E-state index in [0.717, 1.165) is 24.4 Å². The SMILES string of the molecule is CNCC1c2n[nH]nc2CCC1(C)C. The highest BCUT2D eigenvalue weighted by Gasteiger charge is 2.37. The van der Waals surface area contributed by atoms with Gasteiger partial charge in [-0.05, 0) is 25.3 Å². The molecular formula is C10H18N4. The highest BCUT2D eigenvalue weighted by atomic mass is 15.3. The van der Waals surface area contributed by atoms with E-state index in [2.05, 4.69) is 34.6 Å². The van der Waals surface area contributed by atoms with Crippen molar-refractivity contribution in [2.45, 2.75) is 32.6 Å². The lowest BCUT2D eigenvalue weighted by molar-refractivity contribution is 0.236. The number of aromatic nitrogens is 3. The van der Waals surface area contributed by atoms with Crippen LogP contribution in [-0.4, -0.2) is 29.0 Å². The van der Waals surface area contributed by atoms with Crippen molar-refractivity contribution >= 4 is 0 Å². The molecule has 1 aromatic heterocycles. The molecule has 1 atom stereocenters. The molecule has 0 fully saturated rings. The lowest BCUT2D eigenvalue weighted by Gasteiger charge is -2.36. The number of rotatable bonds is 2. The molecule has 0 aromatic carbocycles. The third kappa shape index (κ3) is 1.43. The van der Waals surface area contributed by atoms with Crippen molar-refractivity contribution in [1.82, 2.24) is 20.7 Å². The van der Waals surface area contributed by atoms with E-state index in [1.165, 1.54) is 6.42 Å². The molecule has 4 nitrogen and oxygen atoms in total. The summed E-state index contributed by atoms with van der Waals surface area (Å²) in [6.07, 6.45) is 2.25. The van der Waals surface area contributed by atoms with Gasteiger partial charge >= 0.3 is 0 Å². The van der Waals surface area contributed by atoms with Gasteiger partial charge in [-0.2, -0.15) is 15.4 Å². The molecule has 0 amide bonds. The van der Waals surface area contributed by atoms with Crippen LogP contribution in [0.5, 0.6) is 0 Å². The summed E-state index contributed by atoms with van der Waals surface area (Å²) in [5, 5.41) is 14.4. The van der Waals surface area contributed by atoms with Crippen LogP contribution in [0.4, 0.5) is 0 Å². The Morgan fingerprint density at radius 1 is 1.50 bits per heavy atom. The Hall–Kier alpha value is -0.900. The topological polar surface area (TPSA) is 53.6 Å². The number of hydrogen-bond acceptors (Lipinski definition) is 3. The standard InChI is InChI=1S/C10H18N4/c1-10(2)5-4-8-9(13-14-12-8)7(10)6-11-3/h7,11H,4-6H2,1-3H3,(H,12,13,14). The van der Waals surface area contributed by atoms with Crippen molar-refractivity contribution in [3.05, 3.63) is 11.4 Å². The summed E-state index contributed by atoms with van der Waals surface area (Å²) in [7, 11) is 1.99. The number of aromatic amines is 1. The molecule has 0 spiro atoms. The number of likely N-dealkylation sites (N-methyl/N-ethyl adjacent to an activating group) is 1. The van der Waals surface area contributed by atoms with E-state index in [1.807, 2.05) is 7.05 Å². The van der Waals surface area contributed by atoms with Crippen LogP contribution >= 0.6 is 0 Å². The maximum atomic E-state index is 4.28. The normalized spacial score (nSPS) is 24.6. The van der Waals surface area contributed by atoms with Gasteiger partial charge in [-0.15, -0.1) is 0 Å². The molecule has 1 heterocycles. The molecule has 0 radical (unpaired) electrons. The first-order valence-corrected chi connectivity index (χ1v) is 5.19. The Labute approximate surface area is 84.5 Å². The minimum atomic E-state index is 0.326. The van der Waals surface area contributed by atoms with Gasteiger partial charge in [0.2, 0.25) is 0 Å². The number of hydrogen-bond donors (Lipinski definition) is 2. The van der Waals surface area contributed by atoms with Crippen molar-refractivity contribution in [2.24, 2.45) is 5.41 Å². The molecule has 0 saturated carbocycles. The summed E-state index contributed by atoms with van der Waals surface area (Å²) in [5.41, 5.74) is 2.65. The van der Waals surface area contributed by atoms with Crippen molar-refractivity contribution < 1.29 is 0 Å². The van der Waals surface area contributed by atoms with E-state index >= 15 is 0 Å². The highest BCUT2D eigenvalue weighted by molar-refractivity contribution is 5.21. The van der Waals surface area contributed by atoms with Gasteiger partial charge in [-0.1, -0.05) is 13.8 Å². The van der Waals surface area contributed by atoms with Gasteiger partial charge in [0.15, 0.2) is 0 Å². The summed E-state index contributed by atoms with van der Waals surface area (Å²) < 4.78 is 0. The largest absolute Gasteiger partial charge is 0.319 e. The molecule has 0 aliphatic heterocycles. The zero-order chi connectivity index (χ0) is 10.2. The number of aryl methyl sites for hydroxylation is 1. The average molecular weight is 194 g/mol. The first-order chi connectivity index (χ1) is 6.65. The van der Waals surface area contributed by atoms with Crippen molar-refractivity contribution in [2.75, 3.05) is 13.6 Å². The molecule has 2 N–H and O–H groups in total. The van der Waals surface area contributed by atoms with Gasteiger partial charge < -0.3 is 5.32 Å². The quantitative estimate of drug-likeness (QED) is 0.740. The van der Waals surface area contributed by atoms with E-state index in [0.29, 0.717) is 11.3 Å². The van der Waals surface area contributed by atoms with Gasteiger partial charge in [0.1, 0.15) is 0 Å². The van der Waals surface area contributed by atoms with Crippen molar-refractivity contribution in [3.8, 4) is 0 Å². The molecule has 14 heavy (non-hydrogen) atoms. The van der Waals surface area contributed by atoms with Crippen LogP contribution in [0.1, 0.15) is 37.6 Å². The van der Waals surface area contributed by atoms with Gasteiger partial charge in [0, 0.05) is 12.5 Å². The molecule has 1 aliphatic rings. The third-order valence-electron chi connectivity index (χ3n) is 3.34. The molecule has 1 unspecified atom stereocenters. The smallest absolute Gasteiger partial charge is 0.0905 e. The third-order valence-corrected chi connectivity index (χ3v) is 3.34. The fourth-order valence-corrected chi connectivity index (χ4v) is 2.29. The summed E-state index contributed by atoms with van der Waals surface area (Å²) >= 11 is 0. The summed E-state index contributed by atoms with van der Waals surface area (Å²) in [6.45, 7) is 5.60. The van der Waals surface area contributed by atoms with E-state index in [9.17, 15) is 0 Å². The fraction of sp³-hybridized carbons (Fsp3) is 0.800. The van der Waals surface area contributed by atoms with Crippen LogP contribution in [-0.2, 0) is 6.42 Å². The van der Waals surface area contributed by atoms with E-state index in [4.69, 9.17) is 0 Å². The Bertz CT molecular complexity index is 316. The van der Waals surface area contributed by atoms with Crippen LogP contribution in [0, 0.1) is 5.41 Å². The molecule has 1 aromatic rings. The second kappa shape index (κ2) is 3.35. The lowest BCUT2D eigenvalue weighted by atomic mass is 9.69. The first-order valence-electron chi connectivity index (χ1n) is 5.19. The van der Waals surface area contributed by atoms with Crippen LogP contribution < -0.4 is 5.32 Å². The van der Waals surface area contributed by atoms with Crippen LogP contribution in [0.2, 0.25) is 0 Å². The van der Waals surface area contributed by atoms with E-state index in [-0.39, 0.29) is 0 Å². The number of nitrogens with zero attached hydrogens (tertiary/aromatic N) is 2. The zero-order valence-electron chi connectivity index (χ0n) is 9.09. The minimum Gasteiger partial charge on any atom is -0.319 e. The second-order valence-corrected chi connectivity index (χ2v) is 4.75. The predicted octanol–water partition coefficient (Wildman–Crippen LogP) is 1.08. The van der Waals surface area contributed by atoms with E-state index in [1.54, 1.807) is 0 Å². The number of fused-ring (bicyclic) bond motifs is 1. The fourth-order valence-electron chi connectivity index (χ4n) is 2.29. The molecule has 2 rings (SSSR count). The first kappa shape index (κ1) is 9.65.